The first-order valence-corrected chi connectivity index (χ1v) is 8.89. The van der Waals surface area contributed by atoms with Crippen LogP contribution in [-0.2, 0) is 23.0 Å². The highest BCUT2D eigenvalue weighted by atomic mass is 16.5. The second-order valence-corrected chi connectivity index (χ2v) is 6.96. The second kappa shape index (κ2) is 7.45. The van der Waals surface area contributed by atoms with E-state index in [9.17, 15) is 4.79 Å². The Morgan fingerprint density at radius 1 is 1.35 bits per heavy atom. The van der Waals surface area contributed by atoms with Gasteiger partial charge in [-0.3, -0.25) is 9.48 Å². The maximum atomic E-state index is 12.8. The van der Waals surface area contributed by atoms with Gasteiger partial charge >= 0.3 is 0 Å². The first-order chi connectivity index (χ1) is 12.4. The molecule has 1 unspecified atom stereocenters. The fourth-order valence-corrected chi connectivity index (χ4v) is 3.26. The summed E-state index contributed by atoms with van der Waals surface area (Å²) in [6.45, 7) is 5.62. The molecule has 0 N–H and O–H groups in total. The number of carbonyl (C=O) groups excluding carboxylic acids is 1. The topological polar surface area (TPSA) is 63.5 Å². The van der Waals surface area contributed by atoms with E-state index in [-0.39, 0.29) is 12.0 Å². The molecule has 26 heavy (non-hydrogen) atoms. The summed E-state index contributed by atoms with van der Waals surface area (Å²) in [5.74, 6) is 0.998. The largest absolute Gasteiger partial charge is 0.368 e. The summed E-state index contributed by atoms with van der Waals surface area (Å²) < 4.78 is 7.72. The number of hydrogen-bond acceptors (Lipinski definition) is 5. The van der Waals surface area contributed by atoms with Crippen LogP contribution in [0.5, 0.6) is 0 Å². The van der Waals surface area contributed by atoms with E-state index in [0.29, 0.717) is 26.1 Å². The van der Waals surface area contributed by atoms with Crippen LogP contribution in [0, 0.1) is 13.8 Å². The van der Waals surface area contributed by atoms with E-state index in [1.54, 1.807) is 0 Å². The minimum absolute atomic E-state index is 0.112. The van der Waals surface area contributed by atoms with Crippen molar-refractivity contribution in [3.05, 3.63) is 40.8 Å². The normalized spacial score (nSPS) is 17.4. The van der Waals surface area contributed by atoms with E-state index in [2.05, 4.69) is 10.1 Å². The Morgan fingerprint density at radius 2 is 2.12 bits per heavy atom. The number of carbonyl (C=O) groups is 1. The number of amides is 1. The number of nitrogens with zero attached hydrogens (tertiary/aromatic N) is 5. The lowest BCUT2D eigenvalue weighted by Gasteiger charge is -2.33. The van der Waals surface area contributed by atoms with Gasteiger partial charge in [0.05, 0.1) is 31.0 Å². The molecule has 0 radical (unpaired) electrons. The predicted molar refractivity (Wildman–Crippen MR) is 100 cm³/mol. The van der Waals surface area contributed by atoms with Crippen molar-refractivity contribution in [2.75, 3.05) is 38.7 Å². The highest BCUT2D eigenvalue weighted by molar-refractivity contribution is 5.79. The fourth-order valence-electron chi connectivity index (χ4n) is 3.26. The molecule has 1 fully saturated rings. The van der Waals surface area contributed by atoms with E-state index in [4.69, 9.17) is 4.74 Å². The van der Waals surface area contributed by atoms with Crippen LogP contribution < -0.4 is 4.90 Å². The lowest BCUT2D eigenvalue weighted by atomic mass is 10.1. The molecule has 0 aromatic carbocycles. The van der Waals surface area contributed by atoms with Gasteiger partial charge in [0.15, 0.2) is 0 Å². The molecule has 0 saturated carbocycles. The number of pyridine rings is 1. The minimum Gasteiger partial charge on any atom is -0.368 e. The highest BCUT2D eigenvalue weighted by Gasteiger charge is 2.27. The summed E-state index contributed by atoms with van der Waals surface area (Å²) in [7, 11) is 5.83. The molecule has 2 aromatic rings. The van der Waals surface area contributed by atoms with Gasteiger partial charge in [0.1, 0.15) is 11.9 Å². The van der Waals surface area contributed by atoms with E-state index in [1.165, 1.54) is 0 Å². The molecule has 0 aliphatic carbocycles. The van der Waals surface area contributed by atoms with Crippen molar-refractivity contribution in [1.29, 1.82) is 0 Å². The Kier molecular flexibility index (Phi) is 5.27. The van der Waals surface area contributed by atoms with Crippen LogP contribution in [0.4, 0.5) is 5.82 Å². The average Bonchev–Trinajstić information content (AvgIpc) is 2.88. The summed E-state index contributed by atoms with van der Waals surface area (Å²) in [5.41, 5.74) is 3.85. The number of morpholine rings is 1. The summed E-state index contributed by atoms with van der Waals surface area (Å²) in [4.78, 5) is 21.3. The Labute approximate surface area is 154 Å². The van der Waals surface area contributed by atoms with Crippen molar-refractivity contribution < 1.29 is 9.53 Å². The van der Waals surface area contributed by atoms with Gasteiger partial charge in [-0.25, -0.2) is 4.98 Å². The van der Waals surface area contributed by atoms with Crippen molar-refractivity contribution in [3.63, 3.8) is 0 Å². The van der Waals surface area contributed by atoms with Crippen LogP contribution in [-0.4, -0.2) is 59.4 Å². The van der Waals surface area contributed by atoms with Crippen LogP contribution in [0.3, 0.4) is 0 Å². The lowest BCUT2D eigenvalue weighted by Crippen LogP contribution is -2.43. The van der Waals surface area contributed by atoms with Crippen molar-refractivity contribution >= 4 is 11.7 Å². The third kappa shape index (κ3) is 3.72. The monoisotopic (exact) mass is 357 g/mol. The molecule has 2 aromatic heterocycles. The molecule has 1 atom stereocenters. The Bertz CT molecular complexity index is 799. The third-order valence-corrected chi connectivity index (χ3v) is 4.95. The van der Waals surface area contributed by atoms with Crippen molar-refractivity contribution in [2.24, 2.45) is 7.05 Å². The number of aromatic nitrogens is 3. The number of aryl methyl sites for hydroxylation is 2. The molecule has 3 heterocycles. The quantitative estimate of drug-likeness (QED) is 0.832. The van der Waals surface area contributed by atoms with Crippen LogP contribution in [0.15, 0.2) is 18.2 Å². The van der Waals surface area contributed by atoms with Crippen molar-refractivity contribution in [1.82, 2.24) is 19.7 Å². The van der Waals surface area contributed by atoms with Gasteiger partial charge in [0, 0.05) is 38.9 Å². The van der Waals surface area contributed by atoms with Gasteiger partial charge < -0.3 is 14.5 Å². The van der Waals surface area contributed by atoms with Gasteiger partial charge in [-0.15, -0.1) is 0 Å². The molecular formula is C19H27N5O2. The summed E-state index contributed by atoms with van der Waals surface area (Å²) >= 11 is 0. The minimum atomic E-state index is -0.191. The van der Waals surface area contributed by atoms with Gasteiger partial charge in [0.2, 0.25) is 5.91 Å². The van der Waals surface area contributed by atoms with Crippen LogP contribution in [0.1, 0.15) is 28.7 Å². The summed E-state index contributed by atoms with van der Waals surface area (Å²) in [5, 5.41) is 4.40. The van der Waals surface area contributed by atoms with E-state index in [0.717, 1.165) is 28.5 Å². The molecule has 0 spiro atoms. The zero-order chi connectivity index (χ0) is 18.8. The average molecular weight is 357 g/mol. The van der Waals surface area contributed by atoms with Gasteiger partial charge in [-0.2, -0.15) is 5.10 Å². The van der Waals surface area contributed by atoms with E-state index >= 15 is 0 Å². The zero-order valence-corrected chi connectivity index (χ0v) is 16.2. The zero-order valence-electron chi connectivity index (χ0n) is 16.2. The standard InChI is InChI=1S/C19H27N5O2/c1-13-15(14(2)23(5)21-13)11-19(25)24-9-10-26-17(12-24)16-7-6-8-18(20-16)22(3)4/h6-8,17H,9-12H2,1-5H3. The van der Waals surface area contributed by atoms with Gasteiger partial charge in [-0.05, 0) is 26.0 Å². The van der Waals surface area contributed by atoms with Crippen LogP contribution in [0.2, 0.25) is 0 Å². The maximum Gasteiger partial charge on any atom is 0.227 e. The van der Waals surface area contributed by atoms with Gasteiger partial charge in [0.25, 0.3) is 0 Å². The number of anilines is 1. The van der Waals surface area contributed by atoms with Crippen LogP contribution in [0.25, 0.3) is 0 Å². The smallest absolute Gasteiger partial charge is 0.227 e. The number of hydrogen-bond donors (Lipinski definition) is 0. The molecule has 140 valence electrons. The molecule has 7 heteroatoms. The molecule has 1 aliphatic heterocycles. The third-order valence-electron chi connectivity index (χ3n) is 4.95. The van der Waals surface area contributed by atoms with Crippen molar-refractivity contribution in [3.8, 4) is 0 Å². The first kappa shape index (κ1) is 18.4. The number of ether oxygens (including phenoxy) is 1. The molecule has 1 amide bonds. The van der Waals surface area contributed by atoms with E-state index in [1.807, 2.05) is 67.7 Å². The fraction of sp³-hybridized carbons (Fsp3) is 0.526. The first-order valence-electron chi connectivity index (χ1n) is 8.89. The van der Waals surface area contributed by atoms with E-state index < -0.39 is 0 Å². The molecule has 7 nitrogen and oxygen atoms in total. The summed E-state index contributed by atoms with van der Waals surface area (Å²) in [6, 6.07) is 5.90. The SMILES string of the molecule is Cc1nn(C)c(C)c1CC(=O)N1CCOC(c2cccc(N(C)C)n2)C1. The maximum absolute atomic E-state index is 12.8. The Morgan fingerprint density at radius 3 is 2.77 bits per heavy atom. The second-order valence-electron chi connectivity index (χ2n) is 6.96. The lowest BCUT2D eigenvalue weighted by molar-refractivity contribution is -0.138. The Balaban J connectivity index is 1.72. The number of rotatable bonds is 4. The highest BCUT2D eigenvalue weighted by Crippen LogP contribution is 2.23. The Hall–Kier alpha value is -2.41. The molecule has 0 bridgehead atoms. The molecule has 1 saturated heterocycles. The van der Waals surface area contributed by atoms with Crippen LogP contribution >= 0.6 is 0 Å². The van der Waals surface area contributed by atoms with Gasteiger partial charge in [-0.1, -0.05) is 6.07 Å². The molecular weight excluding hydrogens is 330 g/mol. The molecule has 1 aliphatic rings. The molecule has 3 rings (SSSR count). The summed E-state index contributed by atoms with van der Waals surface area (Å²) in [6.07, 6.45) is 0.187. The van der Waals surface area contributed by atoms with Crippen molar-refractivity contribution in [2.45, 2.75) is 26.4 Å². The predicted octanol–water partition coefficient (Wildman–Crippen LogP) is 1.64.